The Kier molecular flexibility index (Phi) is 38.6. The lowest BCUT2D eigenvalue weighted by molar-refractivity contribution is -0.122. The van der Waals surface area contributed by atoms with Crippen LogP contribution in [0.3, 0.4) is 0 Å². The molecule has 1 amide bonds. The summed E-state index contributed by atoms with van der Waals surface area (Å²) in [5, 5.41) is 22.9. The van der Waals surface area contributed by atoms with Gasteiger partial charge >= 0.3 is 0 Å². The smallest absolute Gasteiger partial charge is 0.220 e. The minimum Gasteiger partial charge on any atom is -0.394 e. The quantitative estimate of drug-likeness (QED) is 0.0462. The van der Waals surface area contributed by atoms with Gasteiger partial charge in [-0.25, -0.2) is 0 Å². The Morgan fingerprint density at radius 1 is 0.490 bits per heavy atom. The summed E-state index contributed by atoms with van der Waals surface area (Å²) >= 11 is 0. The van der Waals surface area contributed by atoms with Gasteiger partial charge in [0.2, 0.25) is 5.91 Å². The number of hydrogen-bond acceptors (Lipinski definition) is 3. The predicted octanol–water partition coefficient (Wildman–Crippen LogP) is 12.6. The number of aliphatic hydroxyl groups is 2. The fourth-order valence-corrected chi connectivity index (χ4v) is 5.08. The molecule has 2 unspecified atom stereocenters. The Balaban J connectivity index is 3.86. The van der Waals surface area contributed by atoms with E-state index in [4.69, 9.17) is 0 Å². The molecule has 0 aromatic carbocycles. The molecule has 0 aromatic heterocycles. The highest BCUT2D eigenvalue weighted by Gasteiger charge is 2.17. The van der Waals surface area contributed by atoms with E-state index in [2.05, 4.69) is 129 Å². The van der Waals surface area contributed by atoms with Gasteiger partial charge in [0, 0.05) is 6.42 Å². The normalized spacial score (nSPS) is 14.4. The Morgan fingerprint density at radius 3 is 1.37 bits per heavy atom. The van der Waals surface area contributed by atoms with E-state index in [1.807, 2.05) is 6.08 Å². The number of aliphatic hydroxyl groups excluding tert-OH is 2. The number of amides is 1. The van der Waals surface area contributed by atoms with Gasteiger partial charge in [-0.1, -0.05) is 167 Å². The summed E-state index contributed by atoms with van der Waals surface area (Å²) in [6, 6.07) is -0.684. The summed E-state index contributed by atoms with van der Waals surface area (Å²) in [6.45, 7) is 4.12. The van der Waals surface area contributed by atoms with E-state index in [1.165, 1.54) is 44.9 Å². The first kappa shape index (κ1) is 47.8. The van der Waals surface area contributed by atoms with Crippen molar-refractivity contribution in [2.75, 3.05) is 6.61 Å². The summed E-state index contributed by atoms with van der Waals surface area (Å²) in [7, 11) is 0. The van der Waals surface area contributed by atoms with Crippen molar-refractivity contribution in [3.8, 4) is 0 Å². The van der Waals surface area contributed by atoms with Crippen LogP contribution in [0.15, 0.2) is 122 Å². The van der Waals surface area contributed by atoms with Crippen molar-refractivity contribution in [1.29, 1.82) is 0 Å². The molecule has 0 saturated heterocycles. The third-order valence-corrected chi connectivity index (χ3v) is 8.16. The van der Waals surface area contributed by atoms with Crippen molar-refractivity contribution in [2.45, 2.75) is 161 Å². The maximum absolute atomic E-state index is 12.3. The molecule has 3 N–H and O–H groups in total. The van der Waals surface area contributed by atoms with E-state index in [9.17, 15) is 15.0 Å². The molecular formula is C47H75NO3. The Hall–Kier alpha value is -3.21. The second-order valence-corrected chi connectivity index (χ2v) is 12.9. The molecule has 2 atom stereocenters. The monoisotopic (exact) mass is 702 g/mol. The van der Waals surface area contributed by atoms with Gasteiger partial charge < -0.3 is 15.5 Å². The van der Waals surface area contributed by atoms with Crippen molar-refractivity contribution in [2.24, 2.45) is 0 Å². The summed E-state index contributed by atoms with van der Waals surface area (Å²) < 4.78 is 0. The number of carbonyl (C=O) groups excluding carboxylic acids is 1. The van der Waals surface area contributed by atoms with E-state index in [-0.39, 0.29) is 12.5 Å². The number of carbonyl (C=O) groups is 1. The van der Waals surface area contributed by atoms with Crippen molar-refractivity contribution in [3.05, 3.63) is 122 Å². The van der Waals surface area contributed by atoms with Crippen LogP contribution in [0, 0.1) is 0 Å². The maximum atomic E-state index is 12.3. The van der Waals surface area contributed by atoms with Crippen LogP contribution < -0.4 is 5.32 Å². The van der Waals surface area contributed by atoms with Crippen LogP contribution in [0.25, 0.3) is 0 Å². The van der Waals surface area contributed by atoms with Crippen molar-refractivity contribution in [1.82, 2.24) is 5.32 Å². The molecule has 286 valence electrons. The van der Waals surface area contributed by atoms with Crippen LogP contribution in [0.2, 0.25) is 0 Å². The Labute approximate surface area is 314 Å². The minimum absolute atomic E-state index is 0.143. The molecule has 51 heavy (non-hydrogen) atoms. The first-order chi connectivity index (χ1) is 25.2. The van der Waals surface area contributed by atoms with Crippen LogP contribution in [0.5, 0.6) is 0 Å². The van der Waals surface area contributed by atoms with Gasteiger partial charge in [-0.15, -0.1) is 0 Å². The average molecular weight is 702 g/mol. The molecular weight excluding hydrogens is 627 g/mol. The van der Waals surface area contributed by atoms with E-state index in [0.29, 0.717) is 6.42 Å². The summed E-state index contributed by atoms with van der Waals surface area (Å²) in [5.41, 5.74) is 0. The maximum Gasteiger partial charge on any atom is 0.220 e. The molecule has 0 fully saturated rings. The van der Waals surface area contributed by atoms with Crippen LogP contribution >= 0.6 is 0 Å². The summed E-state index contributed by atoms with van der Waals surface area (Å²) in [5.74, 6) is -0.143. The van der Waals surface area contributed by atoms with Crippen LogP contribution in [-0.4, -0.2) is 34.9 Å². The van der Waals surface area contributed by atoms with Crippen LogP contribution in [0.4, 0.5) is 0 Å². The molecule has 0 aliphatic carbocycles. The second kappa shape index (κ2) is 41.2. The van der Waals surface area contributed by atoms with Gasteiger partial charge in [-0.3, -0.25) is 4.79 Å². The molecule has 0 aromatic rings. The standard InChI is InChI=1S/C47H75NO3/c1-3-5-7-9-11-13-15-17-19-21-22-23-24-25-26-27-29-31-33-35-37-39-41-43-47(51)48-45(44-49)46(50)42-40-38-36-34-32-30-28-20-18-16-14-12-10-8-6-4-2/h5,7,11,13,17-20,22-23,25-26,29,31-32,34-35,37,40,42,45-46,49-50H,3-4,6,8-10,12,14-16,21,24,27-28,30,33,36,38-39,41,43-44H2,1-2H3,(H,48,51)/b7-5-,13-11-,19-17-,20-18+,23-22-,26-25-,31-29-,34-32+,37-35-,42-40+. The van der Waals surface area contributed by atoms with Gasteiger partial charge in [0.05, 0.1) is 18.8 Å². The topological polar surface area (TPSA) is 69.6 Å². The molecule has 0 rings (SSSR count). The molecule has 0 aliphatic heterocycles. The Morgan fingerprint density at radius 2 is 0.882 bits per heavy atom. The highest BCUT2D eigenvalue weighted by molar-refractivity contribution is 5.76. The van der Waals surface area contributed by atoms with Gasteiger partial charge in [0.1, 0.15) is 0 Å². The number of allylic oxidation sites excluding steroid dienone is 19. The molecule has 0 saturated carbocycles. The third kappa shape index (κ3) is 37.9. The van der Waals surface area contributed by atoms with Crippen molar-refractivity contribution < 1.29 is 15.0 Å². The van der Waals surface area contributed by atoms with Crippen molar-refractivity contribution in [3.63, 3.8) is 0 Å². The third-order valence-electron chi connectivity index (χ3n) is 8.16. The minimum atomic E-state index is -0.902. The van der Waals surface area contributed by atoms with E-state index in [0.717, 1.165) is 83.5 Å². The highest BCUT2D eigenvalue weighted by atomic mass is 16.3. The fraction of sp³-hybridized carbons (Fsp3) is 0.553. The zero-order chi connectivity index (χ0) is 37.1. The first-order valence-corrected chi connectivity index (χ1v) is 20.2. The van der Waals surface area contributed by atoms with E-state index < -0.39 is 12.1 Å². The number of rotatable bonds is 34. The lowest BCUT2D eigenvalue weighted by atomic mass is 10.1. The number of nitrogens with one attached hydrogen (secondary N) is 1. The van der Waals surface area contributed by atoms with E-state index >= 15 is 0 Å². The molecule has 0 bridgehead atoms. The number of hydrogen-bond donors (Lipinski definition) is 3. The van der Waals surface area contributed by atoms with Gasteiger partial charge in [-0.05, 0) is 96.3 Å². The van der Waals surface area contributed by atoms with Gasteiger partial charge in [0.15, 0.2) is 0 Å². The second-order valence-electron chi connectivity index (χ2n) is 12.9. The zero-order valence-electron chi connectivity index (χ0n) is 32.6. The molecule has 0 aliphatic rings. The molecule has 0 radical (unpaired) electrons. The number of unbranched alkanes of at least 4 members (excludes halogenated alkanes) is 9. The van der Waals surface area contributed by atoms with Crippen molar-refractivity contribution >= 4 is 5.91 Å². The van der Waals surface area contributed by atoms with Crippen LogP contribution in [0.1, 0.15) is 149 Å². The fourth-order valence-electron chi connectivity index (χ4n) is 5.08. The first-order valence-electron chi connectivity index (χ1n) is 20.2. The van der Waals surface area contributed by atoms with Gasteiger partial charge in [0.25, 0.3) is 0 Å². The Bertz CT molecular complexity index is 1070. The highest BCUT2D eigenvalue weighted by Crippen LogP contribution is 2.08. The molecule has 4 nitrogen and oxygen atoms in total. The van der Waals surface area contributed by atoms with E-state index in [1.54, 1.807) is 6.08 Å². The lowest BCUT2D eigenvalue weighted by Crippen LogP contribution is -2.45. The summed E-state index contributed by atoms with van der Waals surface area (Å²) in [6.07, 6.45) is 64.3. The molecule has 0 heterocycles. The lowest BCUT2D eigenvalue weighted by Gasteiger charge is -2.19. The average Bonchev–Trinajstić information content (AvgIpc) is 3.13. The molecule has 4 heteroatoms. The SMILES string of the molecule is CC/C=C\C/C=C\C/C=C\C/C=C\C/C=C\C/C=C\C/C=C\CCCC(=O)NC(CO)C(O)/C=C/CC/C=C/CC/C=C/CCCCCCCC. The largest absolute Gasteiger partial charge is 0.394 e. The zero-order valence-corrected chi connectivity index (χ0v) is 32.6. The van der Waals surface area contributed by atoms with Crippen LogP contribution in [-0.2, 0) is 4.79 Å². The van der Waals surface area contributed by atoms with Gasteiger partial charge in [-0.2, -0.15) is 0 Å². The predicted molar refractivity (Wildman–Crippen MR) is 225 cm³/mol. The molecule has 0 spiro atoms. The summed E-state index contributed by atoms with van der Waals surface area (Å²) in [4.78, 5) is 12.3.